The number of nitrogens with zero attached hydrogens (tertiary/aromatic N) is 1. The Bertz CT molecular complexity index is 655. The van der Waals surface area contributed by atoms with E-state index in [2.05, 4.69) is 19.1 Å². The van der Waals surface area contributed by atoms with Gasteiger partial charge in [0.15, 0.2) is 0 Å². The zero-order valence-corrected chi connectivity index (χ0v) is 13.5. The highest BCUT2D eigenvalue weighted by Crippen LogP contribution is 2.31. The molecule has 2 aromatic carbocycles. The molecule has 0 unspecified atom stereocenters. The van der Waals surface area contributed by atoms with E-state index in [1.165, 1.54) is 5.56 Å². The molecule has 1 saturated heterocycles. The van der Waals surface area contributed by atoms with Gasteiger partial charge in [0.25, 0.3) is 0 Å². The van der Waals surface area contributed by atoms with Crippen LogP contribution >= 0.6 is 11.6 Å². The Morgan fingerprint density at radius 3 is 2.55 bits per heavy atom. The van der Waals surface area contributed by atoms with Crippen LogP contribution in [-0.2, 0) is 11.2 Å². The molecule has 0 aromatic heterocycles. The van der Waals surface area contributed by atoms with Gasteiger partial charge in [0.05, 0.1) is 6.04 Å². The van der Waals surface area contributed by atoms with Gasteiger partial charge in [0.2, 0.25) is 5.91 Å². The molecule has 2 atom stereocenters. The van der Waals surface area contributed by atoms with Crippen molar-refractivity contribution in [2.24, 2.45) is 5.92 Å². The number of halogens is 1. The lowest BCUT2D eigenvalue weighted by Gasteiger charge is -2.25. The number of benzene rings is 2. The van der Waals surface area contributed by atoms with Crippen LogP contribution in [-0.4, -0.2) is 17.4 Å². The van der Waals surface area contributed by atoms with Gasteiger partial charge in [0, 0.05) is 17.5 Å². The smallest absolute Gasteiger partial charge is 0.226 e. The molecule has 0 spiro atoms. The van der Waals surface area contributed by atoms with Gasteiger partial charge in [0.1, 0.15) is 0 Å². The van der Waals surface area contributed by atoms with Crippen molar-refractivity contribution in [1.29, 1.82) is 0 Å². The second-order valence-electron chi connectivity index (χ2n) is 5.90. The third kappa shape index (κ3) is 3.02. The molecular weight excluding hydrogens is 294 g/mol. The SMILES string of the molecule is C[C@H](c1ccccc1)N1CC[C@@H](Cc2ccccc2Cl)C1=O. The van der Waals surface area contributed by atoms with E-state index in [1.54, 1.807) is 0 Å². The van der Waals surface area contributed by atoms with E-state index in [1.807, 2.05) is 47.4 Å². The van der Waals surface area contributed by atoms with Crippen LogP contribution < -0.4 is 0 Å². The van der Waals surface area contributed by atoms with Crippen molar-refractivity contribution in [3.8, 4) is 0 Å². The molecule has 114 valence electrons. The number of hydrogen-bond donors (Lipinski definition) is 0. The number of likely N-dealkylation sites (tertiary alicyclic amines) is 1. The van der Waals surface area contributed by atoms with Gasteiger partial charge < -0.3 is 4.90 Å². The highest BCUT2D eigenvalue weighted by molar-refractivity contribution is 6.31. The predicted octanol–water partition coefficient (Wildman–Crippen LogP) is 4.49. The molecule has 1 aliphatic heterocycles. The van der Waals surface area contributed by atoms with Crippen molar-refractivity contribution < 1.29 is 4.79 Å². The Hall–Kier alpha value is -1.80. The normalized spacial score (nSPS) is 19.5. The molecule has 0 radical (unpaired) electrons. The Morgan fingerprint density at radius 2 is 1.82 bits per heavy atom. The lowest BCUT2D eigenvalue weighted by molar-refractivity contribution is -0.132. The summed E-state index contributed by atoms with van der Waals surface area (Å²) >= 11 is 6.22. The number of amides is 1. The van der Waals surface area contributed by atoms with Crippen LogP contribution in [0.3, 0.4) is 0 Å². The van der Waals surface area contributed by atoms with Crippen LogP contribution in [0.15, 0.2) is 54.6 Å². The topological polar surface area (TPSA) is 20.3 Å². The monoisotopic (exact) mass is 313 g/mol. The largest absolute Gasteiger partial charge is 0.336 e. The first kappa shape index (κ1) is 15.1. The molecule has 1 fully saturated rings. The summed E-state index contributed by atoms with van der Waals surface area (Å²) in [5.41, 5.74) is 2.26. The highest BCUT2D eigenvalue weighted by Gasteiger charge is 2.34. The van der Waals surface area contributed by atoms with Gasteiger partial charge >= 0.3 is 0 Å². The van der Waals surface area contributed by atoms with Crippen LogP contribution in [0.1, 0.15) is 30.5 Å². The fourth-order valence-electron chi connectivity index (χ4n) is 3.18. The average Bonchev–Trinajstić information content (AvgIpc) is 2.91. The summed E-state index contributed by atoms with van der Waals surface area (Å²) in [6, 6.07) is 18.1. The van der Waals surface area contributed by atoms with Crippen molar-refractivity contribution >= 4 is 17.5 Å². The molecule has 3 heteroatoms. The summed E-state index contributed by atoms with van der Waals surface area (Å²) in [5.74, 6) is 0.294. The molecule has 0 saturated carbocycles. The van der Waals surface area contributed by atoms with Gasteiger partial charge in [-0.05, 0) is 37.0 Å². The first-order valence-electron chi connectivity index (χ1n) is 7.75. The average molecular weight is 314 g/mol. The van der Waals surface area contributed by atoms with Crippen LogP contribution in [0.5, 0.6) is 0 Å². The second-order valence-corrected chi connectivity index (χ2v) is 6.31. The lowest BCUT2D eigenvalue weighted by atomic mass is 9.98. The van der Waals surface area contributed by atoms with E-state index in [4.69, 9.17) is 11.6 Å². The summed E-state index contributed by atoms with van der Waals surface area (Å²) in [7, 11) is 0. The fraction of sp³-hybridized carbons (Fsp3) is 0.316. The van der Waals surface area contributed by atoms with Crippen LogP contribution in [0.2, 0.25) is 5.02 Å². The summed E-state index contributed by atoms with van der Waals surface area (Å²) in [4.78, 5) is 14.7. The molecule has 1 aliphatic rings. The summed E-state index contributed by atoms with van der Waals surface area (Å²) in [5, 5.41) is 0.754. The summed E-state index contributed by atoms with van der Waals surface area (Å²) < 4.78 is 0. The number of rotatable bonds is 4. The fourth-order valence-corrected chi connectivity index (χ4v) is 3.39. The predicted molar refractivity (Wildman–Crippen MR) is 89.8 cm³/mol. The number of hydrogen-bond acceptors (Lipinski definition) is 1. The zero-order chi connectivity index (χ0) is 15.5. The molecule has 1 heterocycles. The maximum atomic E-state index is 12.7. The minimum absolute atomic E-state index is 0.0473. The van der Waals surface area contributed by atoms with E-state index in [0.717, 1.165) is 30.0 Å². The Kier molecular flexibility index (Phi) is 4.49. The first-order valence-corrected chi connectivity index (χ1v) is 8.13. The maximum Gasteiger partial charge on any atom is 0.226 e. The third-order valence-corrected chi connectivity index (χ3v) is 4.89. The Morgan fingerprint density at radius 1 is 1.14 bits per heavy atom. The molecule has 2 aromatic rings. The maximum absolute atomic E-state index is 12.7. The van der Waals surface area contributed by atoms with Gasteiger partial charge in [-0.15, -0.1) is 0 Å². The minimum atomic E-state index is 0.0473. The van der Waals surface area contributed by atoms with E-state index in [-0.39, 0.29) is 17.9 Å². The van der Waals surface area contributed by atoms with E-state index in [0.29, 0.717) is 0 Å². The third-order valence-electron chi connectivity index (χ3n) is 4.52. The zero-order valence-electron chi connectivity index (χ0n) is 12.7. The number of carbonyl (C=O) groups is 1. The molecule has 1 amide bonds. The van der Waals surface area contributed by atoms with Gasteiger partial charge in [-0.1, -0.05) is 60.1 Å². The van der Waals surface area contributed by atoms with Crippen molar-refractivity contribution in [3.63, 3.8) is 0 Å². The van der Waals surface area contributed by atoms with Crippen molar-refractivity contribution in [3.05, 3.63) is 70.7 Å². The molecular formula is C19H20ClNO. The van der Waals surface area contributed by atoms with E-state index < -0.39 is 0 Å². The van der Waals surface area contributed by atoms with Crippen LogP contribution in [0.4, 0.5) is 0 Å². The van der Waals surface area contributed by atoms with Crippen molar-refractivity contribution in [2.75, 3.05) is 6.54 Å². The standard InChI is InChI=1S/C19H20ClNO/c1-14(15-7-3-2-4-8-15)21-12-11-17(19(21)22)13-16-9-5-6-10-18(16)20/h2-10,14,17H,11-13H2,1H3/t14-,17+/m1/s1. The van der Waals surface area contributed by atoms with Gasteiger partial charge in [-0.25, -0.2) is 0 Å². The molecule has 2 nitrogen and oxygen atoms in total. The van der Waals surface area contributed by atoms with Gasteiger partial charge in [-0.3, -0.25) is 4.79 Å². The van der Waals surface area contributed by atoms with Crippen LogP contribution in [0.25, 0.3) is 0 Å². The van der Waals surface area contributed by atoms with E-state index >= 15 is 0 Å². The lowest BCUT2D eigenvalue weighted by Crippen LogP contribution is -2.30. The van der Waals surface area contributed by atoms with Crippen molar-refractivity contribution in [1.82, 2.24) is 4.90 Å². The summed E-state index contributed by atoms with van der Waals surface area (Å²) in [6.07, 6.45) is 1.64. The quantitative estimate of drug-likeness (QED) is 0.814. The summed E-state index contributed by atoms with van der Waals surface area (Å²) in [6.45, 7) is 2.93. The Labute approximate surface area is 136 Å². The van der Waals surface area contributed by atoms with Crippen molar-refractivity contribution in [2.45, 2.75) is 25.8 Å². The second kappa shape index (κ2) is 6.53. The highest BCUT2D eigenvalue weighted by atomic mass is 35.5. The van der Waals surface area contributed by atoms with Crippen LogP contribution in [0, 0.1) is 5.92 Å². The number of carbonyl (C=O) groups excluding carboxylic acids is 1. The van der Waals surface area contributed by atoms with Gasteiger partial charge in [-0.2, -0.15) is 0 Å². The van der Waals surface area contributed by atoms with E-state index in [9.17, 15) is 4.79 Å². The minimum Gasteiger partial charge on any atom is -0.336 e. The molecule has 3 rings (SSSR count). The Balaban J connectivity index is 1.71. The molecule has 0 bridgehead atoms. The first-order chi connectivity index (χ1) is 10.7. The molecule has 0 aliphatic carbocycles. The molecule has 22 heavy (non-hydrogen) atoms. The molecule has 0 N–H and O–H groups in total.